The van der Waals surface area contributed by atoms with Crippen LogP contribution in [0.1, 0.15) is 35.3 Å². The van der Waals surface area contributed by atoms with Gasteiger partial charge in [0.2, 0.25) is 0 Å². The van der Waals surface area contributed by atoms with E-state index >= 15 is 0 Å². The van der Waals surface area contributed by atoms with Crippen molar-refractivity contribution in [2.24, 2.45) is 0 Å². The van der Waals surface area contributed by atoms with Crippen LogP contribution in [0.5, 0.6) is 0 Å². The molecule has 0 radical (unpaired) electrons. The van der Waals surface area contributed by atoms with E-state index in [-0.39, 0.29) is 5.56 Å². The summed E-state index contributed by atoms with van der Waals surface area (Å²) in [6, 6.07) is 14.8. The van der Waals surface area contributed by atoms with Gasteiger partial charge >= 0.3 is 6.18 Å². The van der Waals surface area contributed by atoms with Crippen molar-refractivity contribution in [2.75, 3.05) is 0 Å². The van der Waals surface area contributed by atoms with E-state index in [9.17, 15) is 27.2 Å². The average molecular weight is 408 g/mol. The van der Waals surface area contributed by atoms with Crippen molar-refractivity contribution in [1.29, 1.82) is 0 Å². The van der Waals surface area contributed by atoms with Gasteiger partial charge in [0.25, 0.3) is 0 Å². The summed E-state index contributed by atoms with van der Waals surface area (Å²) in [5.41, 5.74) is 0.748. The topological polar surface area (TPSA) is 29.5 Å². The Labute approximate surface area is 164 Å². The van der Waals surface area contributed by atoms with Gasteiger partial charge in [0.05, 0.1) is 0 Å². The van der Waals surface area contributed by atoms with E-state index < -0.39 is 29.5 Å². The van der Waals surface area contributed by atoms with E-state index in [2.05, 4.69) is 4.89 Å². The lowest BCUT2D eigenvalue weighted by molar-refractivity contribution is -0.270. The second kappa shape index (κ2) is 8.31. The van der Waals surface area contributed by atoms with Gasteiger partial charge in [-0.25, -0.2) is 13.7 Å². The first-order valence-corrected chi connectivity index (χ1v) is 8.80. The Hall–Kier alpha value is -2.77. The fourth-order valence-electron chi connectivity index (χ4n) is 3.10. The standard InChI is InChI=1S/C22H17F5O2/c1-2-13-3-5-15(6-4-13)21(29-28)16-9-7-14(8-10-16)17-11-18(23)20(19(24)12-17)22(25,26)27/h3-12,21,28H,2H2,1H3. The number of rotatable bonds is 5. The van der Waals surface area contributed by atoms with Gasteiger partial charge in [0, 0.05) is 0 Å². The highest BCUT2D eigenvalue weighted by atomic mass is 19.4. The molecule has 0 bridgehead atoms. The van der Waals surface area contributed by atoms with E-state index in [0.29, 0.717) is 28.8 Å². The summed E-state index contributed by atoms with van der Waals surface area (Å²) in [5.74, 6) is -3.35. The summed E-state index contributed by atoms with van der Waals surface area (Å²) in [6.07, 6.45) is -5.04. The number of aryl methyl sites for hydroxylation is 1. The molecular formula is C22H17F5O2. The van der Waals surface area contributed by atoms with Gasteiger partial charge in [-0.05, 0) is 46.4 Å². The van der Waals surface area contributed by atoms with Gasteiger partial charge in [0.15, 0.2) is 0 Å². The highest BCUT2D eigenvalue weighted by Gasteiger charge is 2.38. The van der Waals surface area contributed by atoms with Gasteiger partial charge in [-0.15, -0.1) is 0 Å². The van der Waals surface area contributed by atoms with Gasteiger partial charge < -0.3 is 0 Å². The largest absolute Gasteiger partial charge is 0.422 e. The lowest BCUT2D eigenvalue weighted by Crippen LogP contribution is -2.11. The van der Waals surface area contributed by atoms with Crippen LogP contribution in [-0.2, 0) is 17.5 Å². The van der Waals surface area contributed by atoms with Crippen molar-refractivity contribution in [2.45, 2.75) is 25.6 Å². The summed E-state index contributed by atoms with van der Waals surface area (Å²) < 4.78 is 65.8. The monoisotopic (exact) mass is 408 g/mol. The lowest BCUT2D eigenvalue weighted by Gasteiger charge is -2.16. The van der Waals surface area contributed by atoms with Crippen molar-refractivity contribution < 1.29 is 32.1 Å². The number of halogens is 5. The van der Waals surface area contributed by atoms with Gasteiger partial charge in [-0.3, -0.25) is 5.26 Å². The van der Waals surface area contributed by atoms with Crippen LogP contribution < -0.4 is 0 Å². The molecule has 1 N–H and O–H groups in total. The summed E-state index contributed by atoms with van der Waals surface area (Å²) in [5, 5.41) is 9.32. The molecule has 3 aromatic rings. The first-order valence-electron chi connectivity index (χ1n) is 8.80. The highest BCUT2D eigenvalue weighted by Crippen LogP contribution is 2.36. The zero-order chi connectivity index (χ0) is 21.2. The molecule has 0 spiro atoms. The second-order valence-corrected chi connectivity index (χ2v) is 6.52. The molecule has 1 unspecified atom stereocenters. The maximum Gasteiger partial charge on any atom is 0.422 e. The molecule has 0 aliphatic carbocycles. The average Bonchev–Trinajstić information content (AvgIpc) is 2.68. The zero-order valence-corrected chi connectivity index (χ0v) is 15.3. The minimum Gasteiger partial charge on any atom is -0.251 e. The third-order valence-corrected chi connectivity index (χ3v) is 4.67. The quantitative estimate of drug-likeness (QED) is 0.286. The predicted octanol–water partition coefficient (Wildman–Crippen LogP) is 6.79. The molecule has 0 aliphatic rings. The Morgan fingerprint density at radius 1 is 0.828 bits per heavy atom. The molecule has 0 aliphatic heterocycles. The SMILES string of the molecule is CCc1ccc(C(OO)c2ccc(-c3cc(F)c(C(F)(F)F)c(F)c3)cc2)cc1. The fraction of sp³-hybridized carbons (Fsp3) is 0.182. The van der Waals surface area contributed by atoms with Crippen molar-refractivity contribution >= 4 is 0 Å². The Balaban J connectivity index is 1.91. The molecule has 0 saturated carbocycles. The van der Waals surface area contributed by atoms with Gasteiger partial charge in [-0.2, -0.15) is 13.2 Å². The number of hydrogen-bond donors (Lipinski definition) is 1. The summed E-state index contributed by atoms with van der Waals surface area (Å²) in [6.45, 7) is 2.01. The maximum absolute atomic E-state index is 13.8. The summed E-state index contributed by atoms with van der Waals surface area (Å²) >= 11 is 0. The van der Waals surface area contributed by atoms with Crippen LogP contribution >= 0.6 is 0 Å². The first kappa shape index (κ1) is 21.0. The number of hydrogen-bond acceptors (Lipinski definition) is 2. The van der Waals surface area contributed by atoms with Crippen molar-refractivity contribution in [3.63, 3.8) is 0 Å². The summed E-state index contributed by atoms with van der Waals surface area (Å²) in [7, 11) is 0. The Kier molecular flexibility index (Phi) is 6.00. The highest BCUT2D eigenvalue weighted by molar-refractivity contribution is 5.64. The van der Waals surface area contributed by atoms with E-state index in [1.165, 1.54) is 12.1 Å². The van der Waals surface area contributed by atoms with Crippen LogP contribution in [0.3, 0.4) is 0 Å². The third-order valence-electron chi connectivity index (χ3n) is 4.67. The molecule has 29 heavy (non-hydrogen) atoms. The van der Waals surface area contributed by atoms with Crippen LogP contribution in [0.25, 0.3) is 11.1 Å². The lowest BCUT2D eigenvalue weighted by atomic mass is 9.96. The smallest absolute Gasteiger partial charge is 0.251 e. The third kappa shape index (κ3) is 4.46. The first-order chi connectivity index (χ1) is 13.7. The molecule has 1 atom stereocenters. The molecule has 0 fully saturated rings. The van der Waals surface area contributed by atoms with Crippen LogP contribution in [-0.4, -0.2) is 5.26 Å². The van der Waals surface area contributed by atoms with Crippen LogP contribution in [0.15, 0.2) is 60.7 Å². The molecule has 2 nitrogen and oxygen atoms in total. The molecule has 0 aromatic heterocycles. The molecule has 3 rings (SSSR count). The Bertz CT molecular complexity index is 957. The number of benzene rings is 3. The molecular weight excluding hydrogens is 391 g/mol. The summed E-state index contributed by atoms with van der Waals surface area (Å²) in [4.78, 5) is 4.59. The van der Waals surface area contributed by atoms with Crippen molar-refractivity contribution in [3.8, 4) is 11.1 Å². The van der Waals surface area contributed by atoms with E-state index in [1.54, 1.807) is 12.1 Å². The number of alkyl halides is 3. The minimum absolute atomic E-state index is 0.0340. The van der Waals surface area contributed by atoms with E-state index in [4.69, 9.17) is 0 Å². The van der Waals surface area contributed by atoms with Crippen LogP contribution in [0, 0.1) is 11.6 Å². The van der Waals surface area contributed by atoms with Crippen LogP contribution in [0.2, 0.25) is 0 Å². The zero-order valence-electron chi connectivity index (χ0n) is 15.3. The normalized spacial score (nSPS) is 12.8. The minimum atomic E-state index is -5.12. The van der Waals surface area contributed by atoms with Gasteiger partial charge in [0.1, 0.15) is 23.3 Å². The molecule has 152 valence electrons. The Morgan fingerprint density at radius 2 is 1.31 bits per heavy atom. The van der Waals surface area contributed by atoms with Crippen molar-refractivity contribution in [1.82, 2.24) is 0 Å². The van der Waals surface area contributed by atoms with E-state index in [1.807, 2.05) is 31.2 Å². The molecule has 0 heterocycles. The van der Waals surface area contributed by atoms with Crippen LogP contribution in [0.4, 0.5) is 22.0 Å². The maximum atomic E-state index is 13.8. The fourth-order valence-corrected chi connectivity index (χ4v) is 3.10. The predicted molar refractivity (Wildman–Crippen MR) is 98.2 cm³/mol. The molecule has 0 amide bonds. The van der Waals surface area contributed by atoms with Crippen molar-refractivity contribution in [3.05, 3.63) is 94.6 Å². The second-order valence-electron chi connectivity index (χ2n) is 6.52. The molecule has 3 aromatic carbocycles. The molecule has 0 saturated heterocycles. The van der Waals surface area contributed by atoms with Gasteiger partial charge in [-0.1, -0.05) is 55.5 Å². The Morgan fingerprint density at radius 3 is 1.72 bits per heavy atom. The molecule has 7 heteroatoms. The van der Waals surface area contributed by atoms with E-state index in [0.717, 1.165) is 12.0 Å².